The van der Waals surface area contributed by atoms with Crippen LogP contribution in [0, 0.1) is 5.82 Å². The summed E-state index contributed by atoms with van der Waals surface area (Å²) in [4.78, 5) is 81.4. The second-order valence-electron chi connectivity index (χ2n) is 13.9. The molecule has 59 heavy (non-hydrogen) atoms. The minimum atomic E-state index is -2.77. The molecule has 4 heterocycles. The van der Waals surface area contributed by atoms with Crippen molar-refractivity contribution in [1.29, 1.82) is 0 Å². The van der Waals surface area contributed by atoms with E-state index in [-0.39, 0.29) is 65.4 Å². The van der Waals surface area contributed by atoms with E-state index in [1.807, 2.05) is 18.2 Å². The van der Waals surface area contributed by atoms with Crippen molar-refractivity contribution in [3.63, 3.8) is 0 Å². The Balaban J connectivity index is 0.804. The van der Waals surface area contributed by atoms with Crippen LogP contribution in [-0.4, -0.2) is 107 Å². The summed E-state index contributed by atoms with van der Waals surface area (Å²) in [5, 5.41) is 17.6. The molecular weight excluding hydrogens is 790 g/mol. The molecule has 3 N–H and O–H groups in total. The van der Waals surface area contributed by atoms with Gasteiger partial charge in [-0.15, -0.1) is 0 Å². The maximum Gasteiger partial charge on any atom is 0.264 e. The third kappa shape index (κ3) is 8.47. The van der Waals surface area contributed by atoms with Crippen molar-refractivity contribution >= 4 is 50.8 Å². The highest BCUT2D eigenvalue weighted by molar-refractivity contribution is 8.46. The number of hydrogen-bond acceptors (Lipinski definition) is 12. The van der Waals surface area contributed by atoms with Gasteiger partial charge in [-0.25, -0.2) is 9.38 Å². The molecule has 2 unspecified atom stereocenters. The first kappa shape index (κ1) is 41.2. The fourth-order valence-electron chi connectivity index (χ4n) is 7.32. The largest absolute Gasteiger partial charge is 0.507 e. The summed E-state index contributed by atoms with van der Waals surface area (Å²) < 4.78 is 38.8. The van der Waals surface area contributed by atoms with Gasteiger partial charge in [0.2, 0.25) is 17.7 Å². The maximum atomic E-state index is 14.6. The van der Waals surface area contributed by atoms with Gasteiger partial charge in [-0.2, -0.15) is 0 Å². The summed E-state index contributed by atoms with van der Waals surface area (Å²) in [6, 6.07) is 12.6. The molecule has 4 aliphatic heterocycles. The molecule has 0 bridgehead atoms. The summed E-state index contributed by atoms with van der Waals surface area (Å²) in [6.45, 7) is 3.66. The molecule has 7 rings (SSSR count). The van der Waals surface area contributed by atoms with Gasteiger partial charge in [0.1, 0.15) is 30.0 Å². The summed E-state index contributed by atoms with van der Waals surface area (Å²) >= 11 is 0. The van der Waals surface area contributed by atoms with Gasteiger partial charge >= 0.3 is 0 Å². The number of nitrogens with one attached hydrogen (secondary N) is 2. The number of rotatable bonds is 17. The van der Waals surface area contributed by atoms with E-state index in [1.165, 1.54) is 37.4 Å². The first-order valence-corrected chi connectivity index (χ1v) is 20.6. The van der Waals surface area contributed by atoms with Gasteiger partial charge in [-0.3, -0.25) is 43.3 Å². The van der Waals surface area contributed by atoms with Crippen LogP contribution in [-0.2, 0) is 41.6 Å². The predicted octanol–water partition coefficient (Wildman–Crippen LogP) is 3.71. The van der Waals surface area contributed by atoms with Crippen molar-refractivity contribution in [2.75, 3.05) is 46.2 Å². The highest BCUT2D eigenvalue weighted by Gasteiger charge is 2.48. The molecular formula is C41H42FN5O11S. The van der Waals surface area contributed by atoms with Gasteiger partial charge in [0.15, 0.2) is 5.17 Å². The Hall–Kier alpha value is -5.95. The number of carbonyl (C=O) groups excluding carboxylic acids is 6. The fraction of sp³-hybridized carbons (Fsp3) is 0.341. The molecule has 310 valence electrons. The number of amides is 6. The van der Waals surface area contributed by atoms with E-state index in [9.17, 15) is 38.3 Å². The van der Waals surface area contributed by atoms with Gasteiger partial charge in [-0.1, -0.05) is 18.2 Å². The van der Waals surface area contributed by atoms with Crippen LogP contribution in [0.25, 0.3) is 0 Å². The Morgan fingerprint density at radius 1 is 0.915 bits per heavy atom. The molecule has 6 amide bonds. The second-order valence-corrected chi connectivity index (χ2v) is 16.7. The van der Waals surface area contributed by atoms with E-state index < -0.39 is 51.6 Å². The molecule has 4 aliphatic rings. The minimum Gasteiger partial charge on any atom is -0.507 e. The minimum absolute atomic E-state index is 0.0412. The number of aromatic hydroxyl groups is 1. The van der Waals surface area contributed by atoms with Crippen LogP contribution >= 0.6 is 10.2 Å². The molecule has 3 aromatic carbocycles. The third-order valence-corrected chi connectivity index (χ3v) is 13.3. The van der Waals surface area contributed by atoms with Crippen molar-refractivity contribution in [2.24, 2.45) is 4.99 Å². The van der Waals surface area contributed by atoms with Gasteiger partial charge < -0.3 is 29.4 Å². The highest BCUT2D eigenvalue weighted by Crippen LogP contribution is 2.67. The van der Waals surface area contributed by atoms with E-state index >= 15 is 0 Å². The first-order chi connectivity index (χ1) is 28.5. The quantitative estimate of drug-likeness (QED) is 0.132. The van der Waals surface area contributed by atoms with E-state index in [4.69, 9.17) is 18.9 Å². The average molecular weight is 832 g/mol. The summed E-state index contributed by atoms with van der Waals surface area (Å²) in [5.74, 6) is -3.48. The molecule has 3 aromatic rings. The highest BCUT2D eigenvalue weighted by atomic mass is 32.3. The third-order valence-electron chi connectivity index (χ3n) is 10.0. The lowest BCUT2D eigenvalue weighted by molar-refractivity contribution is -0.136. The normalized spacial score (nSPS) is 20.7. The average Bonchev–Trinajstić information content (AvgIpc) is 3.85. The number of carbonyl (C=O) groups is 6. The monoisotopic (exact) mass is 831 g/mol. The zero-order valence-corrected chi connectivity index (χ0v) is 32.9. The predicted molar refractivity (Wildman–Crippen MR) is 210 cm³/mol. The number of fused-ring (bicyclic) bond motifs is 2. The molecule has 0 saturated carbocycles. The summed E-state index contributed by atoms with van der Waals surface area (Å²) in [5.41, 5.74) is 2.43. The molecule has 1 fully saturated rings. The smallest absolute Gasteiger partial charge is 0.264 e. The number of benzene rings is 3. The second kappa shape index (κ2) is 17.9. The van der Waals surface area contributed by atoms with Crippen LogP contribution < -0.4 is 15.4 Å². The fourth-order valence-corrected chi connectivity index (χ4v) is 10.5. The number of hydrogen-bond donors (Lipinski definition) is 3. The summed E-state index contributed by atoms with van der Waals surface area (Å²) in [6.07, 6.45) is 2.76. The maximum absolute atomic E-state index is 14.6. The van der Waals surface area contributed by atoms with Crippen LogP contribution in [0.3, 0.4) is 0 Å². The number of piperidine rings is 1. The SMILES string of the molecule is CC(=O)NC1=NC=CS1(c1cc(F)ccc1O)N1Cc2cccc(CCCOCCOCCOCCOc3ccc4c(c3)C(=O)N(C3CCC(=O)NC3=O)C4=O)c2C1=O. The van der Waals surface area contributed by atoms with E-state index in [0.717, 1.165) is 22.1 Å². The van der Waals surface area contributed by atoms with Crippen molar-refractivity contribution < 1.29 is 57.2 Å². The van der Waals surface area contributed by atoms with Crippen LogP contribution in [0.5, 0.6) is 11.5 Å². The van der Waals surface area contributed by atoms with Crippen LogP contribution in [0.15, 0.2) is 76.1 Å². The summed E-state index contributed by atoms with van der Waals surface area (Å²) in [7, 11) is -2.77. The van der Waals surface area contributed by atoms with Crippen LogP contribution in [0.1, 0.15) is 68.4 Å². The zero-order valence-electron chi connectivity index (χ0n) is 32.1. The van der Waals surface area contributed by atoms with E-state index in [1.54, 1.807) is 15.8 Å². The van der Waals surface area contributed by atoms with Gasteiger partial charge in [0, 0.05) is 37.1 Å². The number of aliphatic imine (C=N–C) groups is 1. The zero-order chi connectivity index (χ0) is 41.7. The van der Waals surface area contributed by atoms with Gasteiger partial charge in [0.25, 0.3) is 17.7 Å². The Kier molecular flexibility index (Phi) is 12.5. The van der Waals surface area contributed by atoms with Crippen molar-refractivity contribution in [2.45, 2.75) is 50.1 Å². The Bertz CT molecular complexity index is 2270. The molecule has 16 nitrogen and oxygen atoms in total. The lowest BCUT2D eigenvalue weighted by Crippen LogP contribution is -2.54. The Morgan fingerprint density at radius 3 is 2.39 bits per heavy atom. The van der Waals surface area contributed by atoms with Gasteiger partial charge in [0.05, 0.1) is 55.6 Å². The molecule has 1 saturated heterocycles. The number of ether oxygens (including phenoxy) is 4. The Morgan fingerprint density at radius 2 is 1.64 bits per heavy atom. The lowest BCUT2D eigenvalue weighted by atomic mass is 9.99. The number of amidine groups is 1. The van der Waals surface area contributed by atoms with Gasteiger partial charge in [-0.05, 0) is 77.0 Å². The molecule has 2 atom stereocenters. The molecule has 0 aromatic heterocycles. The topological polar surface area (TPSA) is 202 Å². The lowest BCUT2D eigenvalue weighted by Gasteiger charge is -2.43. The number of halogens is 1. The Labute approximate surface area is 339 Å². The number of nitrogens with zero attached hydrogens (tertiary/aromatic N) is 3. The molecule has 0 radical (unpaired) electrons. The van der Waals surface area contributed by atoms with Crippen molar-refractivity contribution in [3.05, 3.63) is 99.8 Å². The van der Waals surface area contributed by atoms with E-state index in [0.29, 0.717) is 57.2 Å². The first-order valence-electron chi connectivity index (χ1n) is 19.0. The number of imide groups is 2. The molecule has 18 heteroatoms. The van der Waals surface area contributed by atoms with Crippen LogP contribution in [0.2, 0.25) is 0 Å². The molecule has 0 aliphatic carbocycles. The van der Waals surface area contributed by atoms with Crippen molar-refractivity contribution in [1.82, 2.24) is 19.8 Å². The van der Waals surface area contributed by atoms with E-state index in [2.05, 4.69) is 15.6 Å². The van der Waals surface area contributed by atoms with Crippen LogP contribution in [0.4, 0.5) is 4.39 Å². The van der Waals surface area contributed by atoms with Crippen molar-refractivity contribution in [3.8, 4) is 11.5 Å². The number of aryl methyl sites for hydroxylation is 1. The number of phenols is 1. The molecule has 0 spiro atoms. The standard InChI is InChI=1S/C41H42FN5O11S/c1-25(48)44-41-43-13-21-59(41,34-22-28(42)7-11-33(34)49)46-24-27-5-2-4-26(36(27)40(46)54)6-3-14-55-15-16-56-17-18-57-19-20-58-29-8-9-30-31(23-29)39(53)47(38(30)52)32-10-12-35(50)45-37(32)51/h2,4-5,7-9,11,13,21-23,32,49H,3,6,10,12,14-20,24H2,1H3,(H,43,44,48)(H,45,50,51). The number of phenolic OH excluding ortho intramolecular Hbond substituents is 1.